The molecule has 3 heterocycles. The molecule has 0 aromatic carbocycles. The Morgan fingerprint density at radius 2 is 2.35 bits per heavy atom. The van der Waals surface area contributed by atoms with E-state index in [0.29, 0.717) is 36.4 Å². The second-order valence-corrected chi connectivity index (χ2v) is 6.32. The summed E-state index contributed by atoms with van der Waals surface area (Å²) in [5.41, 5.74) is 0. The topological polar surface area (TPSA) is 93.3 Å². The van der Waals surface area contributed by atoms with Crippen LogP contribution in [0, 0.1) is 0 Å². The van der Waals surface area contributed by atoms with E-state index < -0.39 is 5.25 Å². The number of rotatable bonds is 5. The van der Waals surface area contributed by atoms with Gasteiger partial charge in [-0.2, -0.15) is 0 Å². The molecule has 1 atom stereocenters. The van der Waals surface area contributed by atoms with Crippen LogP contribution >= 0.6 is 11.8 Å². The number of nitrogens with zero attached hydrogens (tertiary/aromatic N) is 4. The van der Waals surface area contributed by atoms with Crippen LogP contribution in [0.4, 0.5) is 4.79 Å². The molecule has 122 valence electrons. The summed E-state index contributed by atoms with van der Waals surface area (Å²) in [4.78, 5) is 25.2. The highest BCUT2D eigenvalue weighted by molar-refractivity contribution is 8.00. The van der Waals surface area contributed by atoms with E-state index in [2.05, 4.69) is 15.5 Å². The first-order chi connectivity index (χ1) is 11.1. The number of imide groups is 1. The molecule has 1 N–H and O–H groups in total. The first kappa shape index (κ1) is 15.6. The van der Waals surface area contributed by atoms with Crippen molar-refractivity contribution in [1.29, 1.82) is 0 Å². The van der Waals surface area contributed by atoms with E-state index in [0.717, 1.165) is 0 Å². The highest BCUT2D eigenvalue weighted by atomic mass is 32.2. The molecule has 0 aliphatic carbocycles. The molecule has 1 aliphatic rings. The van der Waals surface area contributed by atoms with Crippen molar-refractivity contribution in [1.82, 2.24) is 25.0 Å². The maximum atomic E-state index is 12.4. The number of nitrogens with one attached hydrogen (secondary N) is 1. The van der Waals surface area contributed by atoms with Gasteiger partial charge in [-0.05, 0) is 26.0 Å². The Bertz CT molecular complexity index is 712. The fourth-order valence-electron chi connectivity index (χ4n) is 2.36. The van der Waals surface area contributed by atoms with Gasteiger partial charge in [-0.3, -0.25) is 14.3 Å². The minimum absolute atomic E-state index is 0.227. The van der Waals surface area contributed by atoms with Gasteiger partial charge in [0.15, 0.2) is 16.7 Å². The van der Waals surface area contributed by atoms with Crippen molar-refractivity contribution in [2.75, 3.05) is 13.1 Å². The Kier molecular flexibility index (Phi) is 4.37. The smallest absolute Gasteiger partial charge is 0.324 e. The van der Waals surface area contributed by atoms with E-state index >= 15 is 0 Å². The van der Waals surface area contributed by atoms with Gasteiger partial charge in [0, 0.05) is 19.6 Å². The molecule has 1 saturated heterocycles. The number of hydrogen-bond donors (Lipinski definition) is 1. The number of carbonyl (C=O) groups excluding carboxylic acids is 2. The Morgan fingerprint density at radius 3 is 2.96 bits per heavy atom. The third-order valence-electron chi connectivity index (χ3n) is 3.53. The second-order valence-electron chi connectivity index (χ2n) is 5.01. The number of hydrogen-bond acceptors (Lipinski definition) is 6. The summed E-state index contributed by atoms with van der Waals surface area (Å²) >= 11 is 1.29. The minimum Gasteiger partial charge on any atom is -0.461 e. The van der Waals surface area contributed by atoms with Gasteiger partial charge >= 0.3 is 6.03 Å². The van der Waals surface area contributed by atoms with Gasteiger partial charge in [0.25, 0.3) is 0 Å². The number of carbonyl (C=O) groups is 2. The maximum absolute atomic E-state index is 12.4. The summed E-state index contributed by atoms with van der Waals surface area (Å²) in [5.74, 6) is 1.03. The van der Waals surface area contributed by atoms with Crippen molar-refractivity contribution in [3.8, 4) is 11.6 Å². The highest BCUT2D eigenvalue weighted by Crippen LogP contribution is 2.27. The van der Waals surface area contributed by atoms with Gasteiger partial charge in [-0.25, -0.2) is 4.79 Å². The van der Waals surface area contributed by atoms with Gasteiger partial charge in [0.05, 0.1) is 11.5 Å². The Morgan fingerprint density at radius 1 is 1.52 bits per heavy atom. The third kappa shape index (κ3) is 2.96. The van der Waals surface area contributed by atoms with E-state index in [1.165, 1.54) is 16.7 Å². The van der Waals surface area contributed by atoms with E-state index in [1.807, 2.05) is 17.6 Å². The van der Waals surface area contributed by atoms with Crippen LogP contribution < -0.4 is 5.32 Å². The molecule has 0 radical (unpaired) electrons. The van der Waals surface area contributed by atoms with E-state index in [4.69, 9.17) is 4.42 Å². The molecule has 0 unspecified atom stereocenters. The molecule has 3 rings (SSSR count). The summed E-state index contributed by atoms with van der Waals surface area (Å²) in [7, 11) is 0. The first-order valence-electron chi connectivity index (χ1n) is 7.34. The normalized spacial score (nSPS) is 15.7. The van der Waals surface area contributed by atoms with Crippen LogP contribution in [0.1, 0.15) is 13.8 Å². The largest absolute Gasteiger partial charge is 0.461 e. The van der Waals surface area contributed by atoms with E-state index in [-0.39, 0.29) is 11.9 Å². The summed E-state index contributed by atoms with van der Waals surface area (Å²) in [6.07, 6.45) is 1.58. The fraction of sp³-hybridized carbons (Fsp3) is 0.429. The number of urea groups is 1. The molecule has 2 aromatic heterocycles. The Labute approximate surface area is 137 Å². The zero-order valence-electron chi connectivity index (χ0n) is 12.9. The minimum atomic E-state index is -0.433. The average Bonchev–Trinajstić information content (AvgIpc) is 3.26. The van der Waals surface area contributed by atoms with Crippen molar-refractivity contribution >= 4 is 23.7 Å². The second kappa shape index (κ2) is 6.45. The third-order valence-corrected chi connectivity index (χ3v) is 4.60. The summed E-state index contributed by atoms with van der Waals surface area (Å²) < 4.78 is 7.25. The molecular weight excluding hydrogens is 318 g/mol. The van der Waals surface area contributed by atoms with Crippen molar-refractivity contribution in [2.45, 2.75) is 30.8 Å². The lowest BCUT2D eigenvalue weighted by Gasteiger charge is -2.17. The van der Waals surface area contributed by atoms with Crippen molar-refractivity contribution in [3.05, 3.63) is 18.4 Å². The molecule has 3 amide bonds. The Hall–Kier alpha value is -2.29. The predicted octanol–water partition coefficient (Wildman–Crippen LogP) is 1.59. The molecule has 0 saturated carbocycles. The van der Waals surface area contributed by atoms with Crippen molar-refractivity contribution in [3.63, 3.8) is 0 Å². The zero-order valence-corrected chi connectivity index (χ0v) is 13.7. The fourth-order valence-corrected chi connectivity index (χ4v) is 3.33. The number of thioether (sulfide) groups is 1. The number of amides is 3. The maximum Gasteiger partial charge on any atom is 0.324 e. The molecule has 9 heteroatoms. The van der Waals surface area contributed by atoms with Crippen molar-refractivity contribution < 1.29 is 14.0 Å². The SMILES string of the molecule is CCn1c(S[C@H](C)C(=O)N2CCNC2=O)nnc1-c1ccco1. The molecule has 1 fully saturated rings. The van der Waals surface area contributed by atoms with Gasteiger partial charge in [-0.15, -0.1) is 10.2 Å². The summed E-state index contributed by atoms with van der Waals surface area (Å²) in [6.45, 7) is 5.28. The van der Waals surface area contributed by atoms with Crippen molar-refractivity contribution in [2.24, 2.45) is 0 Å². The average molecular weight is 335 g/mol. The van der Waals surface area contributed by atoms with Gasteiger partial charge in [-0.1, -0.05) is 11.8 Å². The van der Waals surface area contributed by atoms with Crippen LogP contribution in [-0.2, 0) is 11.3 Å². The molecule has 23 heavy (non-hydrogen) atoms. The lowest BCUT2D eigenvalue weighted by Crippen LogP contribution is -2.39. The molecule has 0 spiro atoms. The highest BCUT2D eigenvalue weighted by Gasteiger charge is 2.31. The van der Waals surface area contributed by atoms with Crippen LogP contribution in [0.2, 0.25) is 0 Å². The molecule has 8 nitrogen and oxygen atoms in total. The lowest BCUT2D eigenvalue weighted by molar-refractivity contribution is -0.126. The van der Waals surface area contributed by atoms with E-state index in [9.17, 15) is 9.59 Å². The monoisotopic (exact) mass is 335 g/mol. The zero-order chi connectivity index (χ0) is 16.4. The Balaban J connectivity index is 1.77. The lowest BCUT2D eigenvalue weighted by atomic mass is 10.4. The van der Waals surface area contributed by atoms with Crippen LogP contribution in [-0.4, -0.2) is 49.9 Å². The van der Waals surface area contributed by atoms with Crippen LogP contribution in [0.3, 0.4) is 0 Å². The van der Waals surface area contributed by atoms with Gasteiger partial charge in [0.2, 0.25) is 5.91 Å². The quantitative estimate of drug-likeness (QED) is 0.834. The molecule has 2 aromatic rings. The standard InChI is InChI=1S/C14H17N5O3S/c1-3-18-11(10-5-4-8-22-10)16-17-14(18)23-9(2)12(20)19-7-6-15-13(19)21/h4-5,8-9H,3,6-7H2,1-2H3,(H,15,21)/t9-/m1/s1. The molecule has 1 aliphatic heterocycles. The number of furan rings is 1. The van der Waals surface area contributed by atoms with Crippen LogP contribution in [0.25, 0.3) is 11.6 Å². The first-order valence-corrected chi connectivity index (χ1v) is 8.22. The van der Waals surface area contributed by atoms with Gasteiger partial charge < -0.3 is 9.73 Å². The molecule has 0 bridgehead atoms. The van der Waals surface area contributed by atoms with E-state index in [1.54, 1.807) is 19.3 Å². The van der Waals surface area contributed by atoms with Gasteiger partial charge in [0.1, 0.15) is 0 Å². The number of aromatic nitrogens is 3. The summed E-state index contributed by atoms with van der Waals surface area (Å²) in [5, 5.41) is 11.1. The van der Waals surface area contributed by atoms with Crippen LogP contribution in [0.5, 0.6) is 0 Å². The molecular formula is C14H17N5O3S. The van der Waals surface area contributed by atoms with Crippen LogP contribution in [0.15, 0.2) is 28.0 Å². The summed E-state index contributed by atoms with van der Waals surface area (Å²) in [6, 6.07) is 3.26. The predicted molar refractivity (Wildman–Crippen MR) is 83.8 cm³/mol.